The largest absolute Gasteiger partial charge is 0.354 e. The minimum atomic E-state index is 0.952. The van der Waals surface area contributed by atoms with Crippen molar-refractivity contribution in [2.24, 2.45) is 0 Å². The van der Waals surface area contributed by atoms with Crippen LogP contribution in [-0.4, -0.2) is 36.4 Å². The van der Waals surface area contributed by atoms with Crippen LogP contribution in [0.1, 0.15) is 13.8 Å². The molecule has 1 aromatic rings. The highest BCUT2D eigenvalue weighted by Crippen LogP contribution is 2.05. The van der Waals surface area contributed by atoms with Crippen molar-refractivity contribution in [3.05, 3.63) is 18.3 Å². The standard InChI is InChI=1S/C10H18N4/c1-3-11-8-9-14(4-2)10-6-5-7-12-13-10/h5-7,11H,3-4,8-9H2,1-2H3. The molecule has 14 heavy (non-hydrogen) atoms. The Morgan fingerprint density at radius 2 is 2.29 bits per heavy atom. The van der Waals surface area contributed by atoms with E-state index in [2.05, 4.69) is 34.3 Å². The molecule has 0 amide bonds. The summed E-state index contributed by atoms with van der Waals surface area (Å²) in [6.45, 7) is 8.17. The number of hydrogen-bond donors (Lipinski definition) is 1. The molecular formula is C10H18N4. The van der Waals surface area contributed by atoms with E-state index in [-0.39, 0.29) is 0 Å². The second-order valence-electron chi connectivity index (χ2n) is 3.02. The second kappa shape index (κ2) is 6.32. The van der Waals surface area contributed by atoms with Crippen LogP contribution >= 0.6 is 0 Å². The molecule has 0 radical (unpaired) electrons. The average molecular weight is 194 g/mol. The SMILES string of the molecule is CCNCCN(CC)c1cccnn1. The van der Waals surface area contributed by atoms with Crippen LogP contribution in [0.4, 0.5) is 5.82 Å². The smallest absolute Gasteiger partial charge is 0.151 e. The Balaban J connectivity index is 2.46. The minimum Gasteiger partial charge on any atom is -0.354 e. The van der Waals surface area contributed by atoms with Gasteiger partial charge in [0.1, 0.15) is 0 Å². The Morgan fingerprint density at radius 3 is 2.86 bits per heavy atom. The fourth-order valence-electron chi connectivity index (χ4n) is 1.29. The second-order valence-corrected chi connectivity index (χ2v) is 3.02. The molecule has 0 aromatic carbocycles. The van der Waals surface area contributed by atoms with Crippen molar-refractivity contribution in [3.63, 3.8) is 0 Å². The van der Waals surface area contributed by atoms with E-state index >= 15 is 0 Å². The third kappa shape index (κ3) is 3.30. The number of hydrogen-bond acceptors (Lipinski definition) is 4. The first-order chi connectivity index (χ1) is 6.88. The van der Waals surface area contributed by atoms with Crippen LogP contribution in [0, 0.1) is 0 Å². The zero-order valence-corrected chi connectivity index (χ0v) is 8.90. The normalized spacial score (nSPS) is 10.1. The minimum absolute atomic E-state index is 0.952. The Kier molecular flexibility index (Phi) is 4.93. The van der Waals surface area contributed by atoms with Gasteiger partial charge in [-0.1, -0.05) is 6.92 Å². The molecule has 1 N–H and O–H groups in total. The topological polar surface area (TPSA) is 41.0 Å². The molecule has 0 unspecified atom stereocenters. The molecule has 0 aliphatic heterocycles. The summed E-state index contributed by atoms with van der Waals surface area (Å²) in [4.78, 5) is 2.20. The lowest BCUT2D eigenvalue weighted by Gasteiger charge is -2.20. The van der Waals surface area contributed by atoms with Crippen molar-refractivity contribution < 1.29 is 0 Å². The molecule has 1 heterocycles. The van der Waals surface area contributed by atoms with E-state index in [4.69, 9.17) is 0 Å². The van der Waals surface area contributed by atoms with Gasteiger partial charge in [-0.2, -0.15) is 5.10 Å². The molecule has 0 fully saturated rings. The summed E-state index contributed by atoms with van der Waals surface area (Å²) < 4.78 is 0. The Morgan fingerprint density at radius 1 is 1.43 bits per heavy atom. The van der Waals surface area contributed by atoms with Crippen LogP contribution < -0.4 is 10.2 Å². The van der Waals surface area contributed by atoms with Crippen LogP contribution in [0.2, 0.25) is 0 Å². The monoisotopic (exact) mass is 194 g/mol. The van der Waals surface area contributed by atoms with Crippen molar-refractivity contribution in [2.75, 3.05) is 31.1 Å². The molecule has 4 heteroatoms. The van der Waals surface area contributed by atoms with E-state index in [0.29, 0.717) is 0 Å². The molecular weight excluding hydrogens is 176 g/mol. The lowest BCUT2D eigenvalue weighted by atomic mass is 10.4. The summed E-state index contributed by atoms with van der Waals surface area (Å²) in [5.74, 6) is 0.952. The summed E-state index contributed by atoms with van der Waals surface area (Å²) in [6.07, 6.45) is 1.70. The van der Waals surface area contributed by atoms with Gasteiger partial charge in [-0.05, 0) is 25.6 Å². The van der Waals surface area contributed by atoms with E-state index in [1.165, 1.54) is 0 Å². The van der Waals surface area contributed by atoms with E-state index in [0.717, 1.165) is 32.0 Å². The molecule has 0 saturated carbocycles. The van der Waals surface area contributed by atoms with E-state index < -0.39 is 0 Å². The molecule has 0 bridgehead atoms. The first kappa shape index (κ1) is 10.9. The van der Waals surface area contributed by atoms with Crippen LogP contribution in [0.15, 0.2) is 18.3 Å². The number of nitrogens with one attached hydrogen (secondary N) is 1. The van der Waals surface area contributed by atoms with Gasteiger partial charge in [0.25, 0.3) is 0 Å². The highest BCUT2D eigenvalue weighted by atomic mass is 15.3. The molecule has 4 nitrogen and oxygen atoms in total. The summed E-state index contributed by atoms with van der Waals surface area (Å²) in [5.41, 5.74) is 0. The van der Waals surface area contributed by atoms with Gasteiger partial charge in [0.2, 0.25) is 0 Å². The fraction of sp³-hybridized carbons (Fsp3) is 0.600. The number of likely N-dealkylation sites (N-methyl/N-ethyl adjacent to an activating group) is 2. The van der Waals surface area contributed by atoms with Crippen molar-refractivity contribution >= 4 is 5.82 Å². The van der Waals surface area contributed by atoms with Crippen molar-refractivity contribution in [1.82, 2.24) is 15.5 Å². The third-order valence-electron chi connectivity index (χ3n) is 2.07. The molecule has 0 aliphatic rings. The summed E-state index contributed by atoms with van der Waals surface area (Å²) in [7, 11) is 0. The van der Waals surface area contributed by atoms with Gasteiger partial charge in [0.15, 0.2) is 5.82 Å². The average Bonchev–Trinajstić information content (AvgIpc) is 2.26. The van der Waals surface area contributed by atoms with Gasteiger partial charge >= 0.3 is 0 Å². The summed E-state index contributed by atoms with van der Waals surface area (Å²) >= 11 is 0. The number of aromatic nitrogens is 2. The first-order valence-electron chi connectivity index (χ1n) is 5.11. The van der Waals surface area contributed by atoms with Gasteiger partial charge in [0.05, 0.1) is 0 Å². The Labute approximate surface area is 85.3 Å². The summed E-state index contributed by atoms with van der Waals surface area (Å²) in [5, 5.41) is 11.2. The molecule has 0 saturated heterocycles. The van der Waals surface area contributed by atoms with Crippen molar-refractivity contribution in [2.45, 2.75) is 13.8 Å². The predicted molar refractivity (Wildman–Crippen MR) is 58.5 cm³/mol. The Hall–Kier alpha value is -1.16. The van der Waals surface area contributed by atoms with Crippen LogP contribution in [0.3, 0.4) is 0 Å². The fourth-order valence-corrected chi connectivity index (χ4v) is 1.29. The number of anilines is 1. The lowest BCUT2D eigenvalue weighted by molar-refractivity contribution is 0.680. The highest BCUT2D eigenvalue weighted by Gasteiger charge is 2.03. The third-order valence-corrected chi connectivity index (χ3v) is 2.07. The predicted octanol–water partition coefficient (Wildman–Crippen LogP) is 0.912. The maximum Gasteiger partial charge on any atom is 0.151 e. The highest BCUT2D eigenvalue weighted by molar-refractivity contribution is 5.35. The van der Waals surface area contributed by atoms with Gasteiger partial charge in [-0.15, -0.1) is 5.10 Å². The van der Waals surface area contributed by atoms with E-state index in [1.54, 1.807) is 6.20 Å². The maximum absolute atomic E-state index is 4.08. The van der Waals surface area contributed by atoms with Gasteiger partial charge in [0, 0.05) is 25.8 Å². The molecule has 1 aromatic heterocycles. The number of nitrogens with zero attached hydrogens (tertiary/aromatic N) is 3. The Bertz CT molecular complexity index is 237. The first-order valence-corrected chi connectivity index (χ1v) is 5.11. The zero-order valence-electron chi connectivity index (χ0n) is 8.90. The molecule has 1 rings (SSSR count). The quantitative estimate of drug-likeness (QED) is 0.683. The summed E-state index contributed by atoms with van der Waals surface area (Å²) in [6, 6.07) is 3.90. The van der Waals surface area contributed by atoms with Gasteiger partial charge in [-0.25, -0.2) is 0 Å². The van der Waals surface area contributed by atoms with Gasteiger partial charge < -0.3 is 10.2 Å². The van der Waals surface area contributed by atoms with E-state index in [1.807, 2.05) is 12.1 Å². The molecule has 0 aliphatic carbocycles. The van der Waals surface area contributed by atoms with Crippen LogP contribution in [0.25, 0.3) is 0 Å². The van der Waals surface area contributed by atoms with Crippen molar-refractivity contribution in [3.8, 4) is 0 Å². The van der Waals surface area contributed by atoms with Crippen LogP contribution in [0.5, 0.6) is 0 Å². The van der Waals surface area contributed by atoms with Crippen LogP contribution in [-0.2, 0) is 0 Å². The maximum atomic E-state index is 4.08. The van der Waals surface area contributed by atoms with Crippen molar-refractivity contribution in [1.29, 1.82) is 0 Å². The lowest BCUT2D eigenvalue weighted by Crippen LogP contribution is -2.32. The zero-order chi connectivity index (χ0) is 10.2. The molecule has 78 valence electrons. The molecule has 0 atom stereocenters. The van der Waals surface area contributed by atoms with E-state index in [9.17, 15) is 0 Å². The number of rotatable bonds is 6. The van der Waals surface area contributed by atoms with Gasteiger partial charge in [-0.3, -0.25) is 0 Å². The molecule has 0 spiro atoms.